The van der Waals surface area contributed by atoms with Crippen molar-refractivity contribution in [3.63, 3.8) is 0 Å². The molecule has 1 heterocycles. The molecule has 2 rings (SSSR count). The van der Waals surface area contributed by atoms with Gasteiger partial charge in [0.1, 0.15) is 18.0 Å². The van der Waals surface area contributed by atoms with Crippen molar-refractivity contribution in [2.24, 2.45) is 5.73 Å². The molecule has 2 N–H and O–H groups in total. The third-order valence-corrected chi connectivity index (χ3v) is 2.33. The van der Waals surface area contributed by atoms with Gasteiger partial charge in [0.25, 0.3) is 0 Å². The van der Waals surface area contributed by atoms with Gasteiger partial charge in [-0.05, 0) is 24.6 Å². The highest BCUT2D eigenvalue weighted by molar-refractivity contribution is 5.78. The molecule has 2 atom stereocenters. The number of halogens is 2. The lowest BCUT2D eigenvalue weighted by Gasteiger charge is -2.11. The number of furan rings is 1. The van der Waals surface area contributed by atoms with Crippen molar-refractivity contribution in [1.29, 1.82) is 0 Å². The first-order chi connectivity index (χ1) is 7.09. The SMILES string of the molecule is CC(N)C(F)c1ccc2occ(F)c2c1. The average Bonchev–Trinajstić information content (AvgIpc) is 2.59. The summed E-state index contributed by atoms with van der Waals surface area (Å²) in [6, 6.07) is 3.92. The second kappa shape index (κ2) is 3.62. The van der Waals surface area contributed by atoms with Gasteiger partial charge < -0.3 is 10.2 Å². The highest BCUT2D eigenvalue weighted by Gasteiger charge is 2.16. The Morgan fingerprint density at radius 1 is 1.40 bits per heavy atom. The summed E-state index contributed by atoms with van der Waals surface area (Å²) < 4.78 is 31.6. The van der Waals surface area contributed by atoms with Crippen LogP contribution in [0.3, 0.4) is 0 Å². The van der Waals surface area contributed by atoms with Gasteiger partial charge in [-0.1, -0.05) is 6.07 Å². The van der Waals surface area contributed by atoms with Gasteiger partial charge in [-0.2, -0.15) is 0 Å². The fourth-order valence-electron chi connectivity index (χ4n) is 1.49. The van der Waals surface area contributed by atoms with E-state index in [1.807, 2.05) is 0 Å². The number of rotatable bonds is 2. The summed E-state index contributed by atoms with van der Waals surface area (Å²) in [5.74, 6) is -0.483. The number of hydrogen-bond donors (Lipinski definition) is 1. The Hall–Kier alpha value is -1.42. The highest BCUT2D eigenvalue weighted by Crippen LogP contribution is 2.26. The number of nitrogens with two attached hydrogens (primary N) is 1. The summed E-state index contributed by atoms with van der Waals surface area (Å²) in [4.78, 5) is 0. The lowest BCUT2D eigenvalue weighted by atomic mass is 10.0. The first-order valence-electron chi connectivity index (χ1n) is 4.66. The van der Waals surface area contributed by atoms with Crippen molar-refractivity contribution in [1.82, 2.24) is 0 Å². The smallest absolute Gasteiger partial charge is 0.169 e. The number of hydrogen-bond acceptors (Lipinski definition) is 2. The van der Waals surface area contributed by atoms with Crippen LogP contribution in [0.4, 0.5) is 8.78 Å². The Bertz CT molecular complexity index is 478. The minimum atomic E-state index is -1.29. The monoisotopic (exact) mass is 211 g/mol. The minimum Gasteiger partial charge on any atom is -0.461 e. The molecule has 2 unspecified atom stereocenters. The van der Waals surface area contributed by atoms with E-state index >= 15 is 0 Å². The molecular weight excluding hydrogens is 200 g/mol. The van der Waals surface area contributed by atoms with E-state index in [9.17, 15) is 8.78 Å². The van der Waals surface area contributed by atoms with E-state index in [0.717, 1.165) is 6.26 Å². The molecule has 1 aromatic carbocycles. The maximum absolute atomic E-state index is 13.5. The second-order valence-electron chi connectivity index (χ2n) is 3.60. The predicted molar refractivity (Wildman–Crippen MR) is 53.7 cm³/mol. The van der Waals surface area contributed by atoms with Gasteiger partial charge >= 0.3 is 0 Å². The molecule has 0 radical (unpaired) electrons. The molecule has 80 valence electrons. The first-order valence-corrected chi connectivity index (χ1v) is 4.66. The zero-order valence-electron chi connectivity index (χ0n) is 8.21. The summed E-state index contributed by atoms with van der Waals surface area (Å²) in [5, 5.41) is 0.288. The van der Waals surface area contributed by atoms with Gasteiger partial charge in [-0.3, -0.25) is 0 Å². The molecule has 0 saturated carbocycles. The van der Waals surface area contributed by atoms with Crippen LogP contribution >= 0.6 is 0 Å². The van der Waals surface area contributed by atoms with Crippen LogP contribution in [-0.4, -0.2) is 6.04 Å². The van der Waals surface area contributed by atoms with Crippen LogP contribution in [0.5, 0.6) is 0 Å². The van der Waals surface area contributed by atoms with Crippen molar-refractivity contribution in [3.05, 3.63) is 35.8 Å². The maximum atomic E-state index is 13.5. The van der Waals surface area contributed by atoms with Crippen LogP contribution in [0, 0.1) is 5.82 Å². The van der Waals surface area contributed by atoms with E-state index < -0.39 is 18.0 Å². The highest BCUT2D eigenvalue weighted by atomic mass is 19.1. The van der Waals surface area contributed by atoms with E-state index in [0.29, 0.717) is 11.1 Å². The van der Waals surface area contributed by atoms with Crippen molar-refractivity contribution < 1.29 is 13.2 Å². The summed E-state index contributed by atoms with van der Waals surface area (Å²) in [7, 11) is 0. The number of fused-ring (bicyclic) bond motifs is 1. The second-order valence-corrected chi connectivity index (χ2v) is 3.60. The van der Waals surface area contributed by atoms with Crippen LogP contribution in [0.2, 0.25) is 0 Å². The van der Waals surface area contributed by atoms with Gasteiger partial charge in [0.2, 0.25) is 0 Å². The third kappa shape index (κ3) is 1.72. The minimum absolute atomic E-state index is 0.288. The molecule has 1 aromatic heterocycles. The summed E-state index contributed by atoms with van der Waals surface area (Å²) >= 11 is 0. The first kappa shape index (κ1) is 10.1. The lowest BCUT2D eigenvalue weighted by molar-refractivity contribution is 0.300. The molecule has 0 fully saturated rings. The fourth-order valence-corrected chi connectivity index (χ4v) is 1.49. The number of alkyl halides is 1. The van der Waals surface area contributed by atoms with Gasteiger partial charge in [-0.15, -0.1) is 0 Å². The molecule has 0 aliphatic heterocycles. The van der Waals surface area contributed by atoms with E-state index in [4.69, 9.17) is 10.2 Å². The van der Waals surface area contributed by atoms with E-state index in [-0.39, 0.29) is 5.39 Å². The molecule has 2 aromatic rings. The molecule has 2 nitrogen and oxygen atoms in total. The van der Waals surface area contributed by atoms with E-state index in [1.54, 1.807) is 19.1 Å². The van der Waals surface area contributed by atoms with E-state index in [1.165, 1.54) is 6.07 Å². The quantitative estimate of drug-likeness (QED) is 0.829. The van der Waals surface area contributed by atoms with Crippen LogP contribution in [0.1, 0.15) is 18.7 Å². The topological polar surface area (TPSA) is 39.2 Å². The van der Waals surface area contributed by atoms with Crippen LogP contribution in [0.25, 0.3) is 11.0 Å². The number of benzene rings is 1. The average molecular weight is 211 g/mol. The Kier molecular flexibility index (Phi) is 2.44. The lowest BCUT2D eigenvalue weighted by Crippen LogP contribution is -2.21. The normalized spacial score (nSPS) is 15.5. The Morgan fingerprint density at radius 3 is 2.80 bits per heavy atom. The Balaban J connectivity index is 2.50. The third-order valence-electron chi connectivity index (χ3n) is 2.33. The molecule has 0 aliphatic rings. The molecule has 0 saturated heterocycles. The van der Waals surface area contributed by atoms with Crippen molar-refractivity contribution in [2.75, 3.05) is 0 Å². The van der Waals surface area contributed by atoms with Gasteiger partial charge in [0.05, 0.1) is 5.39 Å². The summed E-state index contributed by atoms with van der Waals surface area (Å²) in [5.41, 5.74) is 6.22. The van der Waals surface area contributed by atoms with Crippen LogP contribution in [0.15, 0.2) is 28.9 Å². The molecule has 15 heavy (non-hydrogen) atoms. The Morgan fingerprint density at radius 2 is 2.13 bits per heavy atom. The van der Waals surface area contributed by atoms with Crippen molar-refractivity contribution in [3.8, 4) is 0 Å². The van der Waals surface area contributed by atoms with Crippen LogP contribution in [-0.2, 0) is 0 Å². The molecule has 0 spiro atoms. The molecule has 0 bridgehead atoms. The molecule has 0 amide bonds. The maximum Gasteiger partial charge on any atom is 0.169 e. The van der Waals surface area contributed by atoms with Crippen LogP contribution < -0.4 is 5.73 Å². The zero-order chi connectivity index (χ0) is 11.0. The van der Waals surface area contributed by atoms with Gasteiger partial charge in [0, 0.05) is 6.04 Å². The fraction of sp³-hybridized carbons (Fsp3) is 0.273. The van der Waals surface area contributed by atoms with Gasteiger partial charge in [-0.25, -0.2) is 8.78 Å². The van der Waals surface area contributed by atoms with Gasteiger partial charge in [0.15, 0.2) is 5.82 Å². The Labute approximate surface area is 85.7 Å². The standard InChI is InChI=1S/C11H11F2NO/c1-6(14)11(13)7-2-3-10-8(4-7)9(12)5-15-10/h2-6,11H,14H2,1H3. The van der Waals surface area contributed by atoms with Crippen molar-refractivity contribution in [2.45, 2.75) is 19.1 Å². The van der Waals surface area contributed by atoms with E-state index in [2.05, 4.69) is 0 Å². The largest absolute Gasteiger partial charge is 0.461 e. The zero-order valence-corrected chi connectivity index (χ0v) is 8.21. The molecule has 4 heteroatoms. The van der Waals surface area contributed by atoms with Crippen molar-refractivity contribution >= 4 is 11.0 Å². The molecular formula is C11H11F2NO. The predicted octanol–water partition coefficient (Wildman–Crippen LogP) is 2.93. The summed E-state index contributed by atoms with van der Waals surface area (Å²) in [6.45, 7) is 1.57. The molecule has 0 aliphatic carbocycles. The summed E-state index contributed by atoms with van der Waals surface area (Å²) in [6.07, 6.45) is -0.281.